The highest BCUT2D eigenvalue weighted by atomic mass is 35.5. The fourth-order valence-electron chi connectivity index (χ4n) is 4.51. The maximum absolute atomic E-state index is 6.51. The Morgan fingerprint density at radius 2 is 1.88 bits per heavy atom. The highest BCUT2D eigenvalue weighted by molar-refractivity contribution is 6.32. The Bertz CT molecular complexity index is 1040. The van der Waals surface area contributed by atoms with Gasteiger partial charge in [-0.05, 0) is 62.5 Å². The molecule has 3 aromatic rings. The summed E-state index contributed by atoms with van der Waals surface area (Å²) in [5.41, 5.74) is 4.24. The number of hydrogen-bond donors (Lipinski definition) is 2. The molecule has 2 aliphatic rings. The van der Waals surface area contributed by atoms with E-state index in [4.69, 9.17) is 16.6 Å². The van der Waals surface area contributed by atoms with E-state index in [9.17, 15) is 0 Å². The molecule has 3 aromatic heterocycles. The molecule has 0 saturated heterocycles. The van der Waals surface area contributed by atoms with Gasteiger partial charge in [-0.3, -0.25) is 9.67 Å². The Kier molecular flexibility index (Phi) is 6.37. The fraction of sp³-hybridized carbons (Fsp3) is 0.500. The molecule has 32 heavy (non-hydrogen) atoms. The van der Waals surface area contributed by atoms with E-state index < -0.39 is 0 Å². The molecule has 2 fully saturated rings. The molecular formula is C24H30ClN7. The summed E-state index contributed by atoms with van der Waals surface area (Å²) in [5.74, 6) is 1.42. The quantitative estimate of drug-likeness (QED) is 0.528. The zero-order valence-corrected chi connectivity index (χ0v) is 19.2. The predicted molar refractivity (Wildman–Crippen MR) is 126 cm³/mol. The molecule has 168 valence electrons. The minimum absolute atomic E-state index is 0.375. The molecule has 3 heterocycles. The van der Waals surface area contributed by atoms with Crippen LogP contribution in [0.15, 0.2) is 36.9 Å². The van der Waals surface area contributed by atoms with Gasteiger partial charge in [0.05, 0.1) is 23.1 Å². The molecule has 0 atom stereocenters. The number of nitrogens with zero attached hydrogens (tertiary/aromatic N) is 5. The average molecular weight is 452 g/mol. The van der Waals surface area contributed by atoms with Gasteiger partial charge in [-0.2, -0.15) is 5.10 Å². The van der Waals surface area contributed by atoms with Crippen LogP contribution >= 0.6 is 11.6 Å². The first-order valence-electron chi connectivity index (χ1n) is 11.6. The maximum atomic E-state index is 6.51. The second-order valence-electron chi connectivity index (χ2n) is 9.10. The molecule has 5 rings (SSSR count). The van der Waals surface area contributed by atoms with Crippen LogP contribution in [0, 0.1) is 5.92 Å². The summed E-state index contributed by atoms with van der Waals surface area (Å²) in [4.78, 5) is 13.5. The van der Waals surface area contributed by atoms with E-state index >= 15 is 0 Å². The van der Waals surface area contributed by atoms with Crippen molar-refractivity contribution in [1.29, 1.82) is 0 Å². The van der Waals surface area contributed by atoms with E-state index in [0.717, 1.165) is 55.8 Å². The third kappa shape index (κ3) is 5.10. The van der Waals surface area contributed by atoms with Crippen LogP contribution in [0.5, 0.6) is 0 Å². The van der Waals surface area contributed by atoms with Gasteiger partial charge in [0.2, 0.25) is 5.95 Å². The first kappa shape index (κ1) is 21.3. The monoisotopic (exact) mass is 451 g/mol. The van der Waals surface area contributed by atoms with E-state index in [2.05, 4.69) is 31.8 Å². The second-order valence-corrected chi connectivity index (χ2v) is 9.51. The summed E-state index contributed by atoms with van der Waals surface area (Å²) in [7, 11) is 2.00. The van der Waals surface area contributed by atoms with Crippen molar-refractivity contribution >= 4 is 17.5 Å². The number of anilines is 1. The van der Waals surface area contributed by atoms with Gasteiger partial charge in [0.1, 0.15) is 0 Å². The summed E-state index contributed by atoms with van der Waals surface area (Å²) in [6, 6.07) is 5.01. The number of pyridine rings is 1. The molecule has 8 heteroatoms. The average Bonchev–Trinajstić information content (AvgIpc) is 3.57. The largest absolute Gasteiger partial charge is 0.351 e. The SMILES string of the molecule is Cn1ncc(-c2nc(NC3CCC(NCc4cccnc4)CC3)ncc2Cl)c1CC1CC1. The lowest BCUT2D eigenvalue weighted by Crippen LogP contribution is -2.36. The Morgan fingerprint density at radius 1 is 1.06 bits per heavy atom. The minimum Gasteiger partial charge on any atom is -0.351 e. The van der Waals surface area contributed by atoms with Crippen LogP contribution in [0.25, 0.3) is 11.3 Å². The minimum atomic E-state index is 0.375. The predicted octanol–water partition coefficient (Wildman–Crippen LogP) is 4.39. The lowest BCUT2D eigenvalue weighted by Gasteiger charge is -2.30. The molecule has 0 unspecified atom stereocenters. The smallest absolute Gasteiger partial charge is 0.223 e. The molecule has 7 nitrogen and oxygen atoms in total. The van der Waals surface area contributed by atoms with Crippen LogP contribution in [0.1, 0.15) is 49.8 Å². The fourth-order valence-corrected chi connectivity index (χ4v) is 4.71. The van der Waals surface area contributed by atoms with Crippen molar-refractivity contribution in [1.82, 2.24) is 30.0 Å². The molecule has 2 saturated carbocycles. The van der Waals surface area contributed by atoms with Gasteiger partial charge in [0.15, 0.2) is 0 Å². The molecule has 2 N–H and O–H groups in total. The van der Waals surface area contributed by atoms with Crippen LogP contribution in [-0.4, -0.2) is 36.8 Å². The van der Waals surface area contributed by atoms with E-state index in [1.165, 1.54) is 24.1 Å². The second kappa shape index (κ2) is 9.55. The molecule has 2 aliphatic carbocycles. The van der Waals surface area contributed by atoms with Crippen molar-refractivity contribution < 1.29 is 0 Å². The number of rotatable bonds is 8. The van der Waals surface area contributed by atoms with Gasteiger partial charge in [0, 0.05) is 49.3 Å². The Hall–Kier alpha value is -2.51. The zero-order valence-electron chi connectivity index (χ0n) is 18.5. The van der Waals surface area contributed by atoms with Gasteiger partial charge in [-0.15, -0.1) is 0 Å². The number of aryl methyl sites for hydroxylation is 1. The van der Waals surface area contributed by atoms with Gasteiger partial charge >= 0.3 is 0 Å². The summed E-state index contributed by atoms with van der Waals surface area (Å²) in [6.07, 6.45) is 15.4. The van der Waals surface area contributed by atoms with Crippen molar-refractivity contribution in [2.45, 2.75) is 63.6 Å². The van der Waals surface area contributed by atoms with Gasteiger partial charge < -0.3 is 10.6 Å². The van der Waals surface area contributed by atoms with Crippen molar-refractivity contribution in [2.75, 3.05) is 5.32 Å². The maximum Gasteiger partial charge on any atom is 0.223 e. The van der Waals surface area contributed by atoms with Gasteiger partial charge in [-0.1, -0.05) is 17.7 Å². The van der Waals surface area contributed by atoms with E-state index in [0.29, 0.717) is 23.1 Å². The van der Waals surface area contributed by atoms with Crippen LogP contribution in [-0.2, 0) is 20.0 Å². The van der Waals surface area contributed by atoms with Crippen LogP contribution in [0.2, 0.25) is 5.02 Å². The van der Waals surface area contributed by atoms with Crippen molar-refractivity contribution in [3.63, 3.8) is 0 Å². The van der Waals surface area contributed by atoms with E-state index in [1.54, 1.807) is 6.20 Å². The normalized spacial score (nSPS) is 20.9. The molecule has 0 aliphatic heterocycles. The molecule has 0 spiro atoms. The van der Waals surface area contributed by atoms with Crippen LogP contribution < -0.4 is 10.6 Å². The topological polar surface area (TPSA) is 80.5 Å². The highest BCUT2D eigenvalue weighted by Gasteiger charge is 2.26. The number of aromatic nitrogens is 5. The Balaban J connectivity index is 1.20. The van der Waals surface area contributed by atoms with E-state index in [1.807, 2.05) is 36.4 Å². The third-order valence-electron chi connectivity index (χ3n) is 6.62. The standard InChI is InChI=1S/C24H30ClN7/c1-32-22(11-16-4-5-16)20(14-29-32)23-21(25)15-28-24(31-23)30-19-8-6-18(7-9-19)27-13-17-3-2-10-26-12-17/h2-3,10,12,14-16,18-19,27H,4-9,11,13H2,1H3,(H,28,30,31). The summed E-state index contributed by atoms with van der Waals surface area (Å²) in [5, 5.41) is 12.3. The number of halogens is 1. The lowest BCUT2D eigenvalue weighted by molar-refractivity contribution is 0.352. The number of hydrogen-bond acceptors (Lipinski definition) is 6. The summed E-state index contributed by atoms with van der Waals surface area (Å²) >= 11 is 6.51. The highest BCUT2D eigenvalue weighted by Crippen LogP contribution is 2.37. The zero-order chi connectivity index (χ0) is 21.9. The van der Waals surface area contributed by atoms with Crippen molar-refractivity contribution in [3.05, 3.63) is 53.2 Å². The Morgan fingerprint density at radius 3 is 2.62 bits per heavy atom. The molecule has 0 amide bonds. The summed E-state index contributed by atoms with van der Waals surface area (Å²) in [6.45, 7) is 0.870. The van der Waals surface area contributed by atoms with Crippen LogP contribution in [0.3, 0.4) is 0 Å². The van der Waals surface area contributed by atoms with Crippen molar-refractivity contribution in [2.24, 2.45) is 13.0 Å². The lowest BCUT2D eigenvalue weighted by atomic mass is 9.91. The molecule has 0 radical (unpaired) electrons. The third-order valence-corrected chi connectivity index (χ3v) is 6.89. The number of nitrogens with one attached hydrogen (secondary N) is 2. The molecule has 0 bridgehead atoms. The van der Waals surface area contributed by atoms with E-state index in [-0.39, 0.29) is 0 Å². The summed E-state index contributed by atoms with van der Waals surface area (Å²) < 4.78 is 1.96. The van der Waals surface area contributed by atoms with Gasteiger partial charge in [-0.25, -0.2) is 9.97 Å². The first-order valence-corrected chi connectivity index (χ1v) is 12.0. The molecular weight excluding hydrogens is 422 g/mol. The van der Waals surface area contributed by atoms with Gasteiger partial charge in [0.25, 0.3) is 0 Å². The Labute approximate surface area is 194 Å². The molecule has 0 aromatic carbocycles. The van der Waals surface area contributed by atoms with Crippen molar-refractivity contribution in [3.8, 4) is 11.3 Å². The first-order chi connectivity index (χ1) is 15.7. The van der Waals surface area contributed by atoms with Crippen LogP contribution in [0.4, 0.5) is 5.95 Å².